The van der Waals surface area contributed by atoms with E-state index in [1.54, 1.807) is 0 Å². The smallest absolute Gasteiger partial charge is 0.372 e. The van der Waals surface area contributed by atoms with Crippen molar-refractivity contribution in [2.45, 2.75) is 25.4 Å². The highest BCUT2D eigenvalue weighted by molar-refractivity contribution is 7.91. The molecule has 4 nitrogen and oxygen atoms in total. The zero-order valence-electron chi connectivity index (χ0n) is 10.7. The van der Waals surface area contributed by atoms with Gasteiger partial charge in [-0.05, 0) is 37.6 Å². The Bertz CT molecular complexity index is 370. The quantitative estimate of drug-likeness (QED) is 0.721. The lowest BCUT2D eigenvalue weighted by Gasteiger charge is -2.20. The van der Waals surface area contributed by atoms with E-state index in [0.717, 1.165) is 0 Å². The van der Waals surface area contributed by atoms with Gasteiger partial charge in [-0.25, -0.2) is 8.42 Å². The van der Waals surface area contributed by atoms with Crippen LogP contribution in [0.25, 0.3) is 0 Å². The summed E-state index contributed by atoms with van der Waals surface area (Å²) in [6, 6.07) is 0. The summed E-state index contributed by atoms with van der Waals surface area (Å²) in [6.07, 6.45) is -2.62. The summed E-state index contributed by atoms with van der Waals surface area (Å²) >= 11 is 0. The van der Waals surface area contributed by atoms with Gasteiger partial charge in [0.25, 0.3) is 0 Å². The van der Waals surface area contributed by atoms with E-state index in [-0.39, 0.29) is 29.9 Å². The molecule has 0 saturated carbocycles. The van der Waals surface area contributed by atoms with Crippen LogP contribution in [0.1, 0.15) is 19.3 Å². The van der Waals surface area contributed by atoms with Crippen LogP contribution in [0.4, 0.5) is 13.2 Å². The molecule has 114 valence electrons. The normalized spacial score (nSPS) is 24.5. The minimum atomic E-state index is -4.30. The molecule has 0 aromatic rings. The number of nitrogens with two attached hydrogens (primary N) is 1. The van der Waals surface area contributed by atoms with Gasteiger partial charge in [0.1, 0.15) is 6.61 Å². The second-order valence-electron chi connectivity index (χ2n) is 4.97. The fraction of sp³-hybridized carbons (Fsp3) is 1.00. The van der Waals surface area contributed by atoms with Gasteiger partial charge in [-0.2, -0.15) is 13.2 Å². The Morgan fingerprint density at radius 1 is 1.37 bits per heavy atom. The zero-order chi connectivity index (χ0) is 14.5. The Kier molecular flexibility index (Phi) is 6.07. The summed E-state index contributed by atoms with van der Waals surface area (Å²) in [5.74, 6) is 0.432. The van der Waals surface area contributed by atoms with E-state index >= 15 is 0 Å². The molecule has 1 rings (SSSR count). The van der Waals surface area contributed by atoms with Crippen LogP contribution in [0.2, 0.25) is 0 Å². The number of alkyl halides is 3. The third-order valence-electron chi connectivity index (χ3n) is 3.37. The van der Waals surface area contributed by atoms with Gasteiger partial charge in [0.05, 0.1) is 11.5 Å². The van der Waals surface area contributed by atoms with Gasteiger partial charge >= 0.3 is 6.18 Å². The van der Waals surface area contributed by atoms with E-state index < -0.39 is 22.6 Å². The molecule has 0 bridgehead atoms. The Morgan fingerprint density at radius 2 is 2.05 bits per heavy atom. The van der Waals surface area contributed by atoms with Crippen LogP contribution in [-0.4, -0.2) is 45.9 Å². The van der Waals surface area contributed by atoms with E-state index in [1.165, 1.54) is 0 Å². The first-order valence-electron chi connectivity index (χ1n) is 6.28. The molecule has 2 unspecified atom stereocenters. The minimum Gasteiger partial charge on any atom is -0.372 e. The molecule has 1 aliphatic heterocycles. The molecule has 8 heteroatoms. The average Bonchev–Trinajstić information content (AvgIpc) is 2.62. The van der Waals surface area contributed by atoms with Gasteiger partial charge in [-0.15, -0.1) is 0 Å². The summed E-state index contributed by atoms with van der Waals surface area (Å²) < 4.78 is 62.7. The Labute approximate surface area is 111 Å². The third kappa shape index (κ3) is 6.58. The van der Waals surface area contributed by atoms with Crippen molar-refractivity contribution in [3.63, 3.8) is 0 Å². The fourth-order valence-electron chi connectivity index (χ4n) is 2.38. The SMILES string of the molecule is NCC(CCCOCC(F)(F)F)C1CCS(=O)(=O)C1. The van der Waals surface area contributed by atoms with Gasteiger partial charge in [-0.3, -0.25) is 0 Å². The predicted octanol–water partition coefficient (Wildman–Crippen LogP) is 1.36. The summed E-state index contributed by atoms with van der Waals surface area (Å²) in [4.78, 5) is 0. The van der Waals surface area contributed by atoms with Crippen LogP contribution in [0.5, 0.6) is 0 Å². The molecule has 1 fully saturated rings. The molecular formula is C11H20F3NO3S. The lowest BCUT2D eigenvalue weighted by Crippen LogP contribution is -2.25. The van der Waals surface area contributed by atoms with Crippen molar-refractivity contribution in [2.75, 3.05) is 31.3 Å². The number of hydrogen-bond donors (Lipinski definition) is 1. The van der Waals surface area contributed by atoms with Crippen molar-refractivity contribution in [1.29, 1.82) is 0 Å². The number of rotatable bonds is 7. The largest absolute Gasteiger partial charge is 0.411 e. The van der Waals surface area contributed by atoms with Crippen LogP contribution in [0, 0.1) is 11.8 Å². The van der Waals surface area contributed by atoms with Crippen molar-refractivity contribution in [2.24, 2.45) is 17.6 Å². The number of ether oxygens (including phenoxy) is 1. The van der Waals surface area contributed by atoms with E-state index in [0.29, 0.717) is 25.8 Å². The van der Waals surface area contributed by atoms with Gasteiger partial charge in [0, 0.05) is 6.61 Å². The molecule has 0 aromatic heterocycles. The Balaban J connectivity index is 2.23. The van der Waals surface area contributed by atoms with Crippen molar-refractivity contribution >= 4 is 9.84 Å². The maximum absolute atomic E-state index is 11.8. The average molecular weight is 303 g/mol. The summed E-state index contributed by atoms with van der Waals surface area (Å²) in [6.45, 7) is -0.854. The van der Waals surface area contributed by atoms with Crippen LogP contribution in [0.3, 0.4) is 0 Å². The van der Waals surface area contributed by atoms with Crippen molar-refractivity contribution in [3.05, 3.63) is 0 Å². The lowest BCUT2D eigenvalue weighted by molar-refractivity contribution is -0.174. The van der Waals surface area contributed by atoms with Crippen molar-refractivity contribution in [3.8, 4) is 0 Å². The molecule has 0 aromatic carbocycles. The molecule has 0 radical (unpaired) electrons. The molecule has 0 spiro atoms. The molecule has 1 heterocycles. The van der Waals surface area contributed by atoms with Crippen LogP contribution in [0.15, 0.2) is 0 Å². The molecule has 2 N–H and O–H groups in total. The van der Waals surface area contributed by atoms with E-state index in [4.69, 9.17) is 5.73 Å². The molecule has 2 atom stereocenters. The van der Waals surface area contributed by atoms with E-state index in [9.17, 15) is 21.6 Å². The standard InChI is InChI=1S/C11H20F3NO3S/c12-11(13,14)8-18-4-1-2-9(6-15)10-3-5-19(16,17)7-10/h9-10H,1-8,15H2. The topological polar surface area (TPSA) is 69.4 Å². The van der Waals surface area contributed by atoms with Gasteiger partial charge in [-0.1, -0.05) is 0 Å². The van der Waals surface area contributed by atoms with E-state index in [1.807, 2.05) is 0 Å². The van der Waals surface area contributed by atoms with Gasteiger partial charge in [0.15, 0.2) is 9.84 Å². The summed E-state index contributed by atoms with van der Waals surface area (Å²) in [7, 11) is -2.94. The maximum Gasteiger partial charge on any atom is 0.411 e. The maximum atomic E-state index is 11.8. The second-order valence-corrected chi connectivity index (χ2v) is 7.20. The molecule has 1 saturated heterocycles. The lowest BCUT2D eigenvalue weighted by atomic mass is 9.88. The van der Waals surface area contributed by atoms with Crippen molar-refractivity contribution in [1.82, 2.24) is 0 Å². The number of halogens is 3. The van der Waals surface area contributed by atoms with E-state index in [2.05, 4.69) is 4.74 Å². The second kappa shape index (κ2) is 6.90. The first-order chi connectivity index (χ1) is 8.73. The molecular weight excluding hydrogens is 283 g/mol. The number of hydrogen-bond acceptors (Lipinski definition) is 4. The fourth-order valence-corrected chi connectivity index (χ4v) is 4.30. The zero-order valence-corrected chi connectivity index (χ0v) is 11.5. The highest BCUT2D eigenvalue weighted by Gasteiger charge is 2.32. The molecule has 0 amide bonds. The summed E-state index contributed by atoms with van der Waals surface area (Å²) in [5, 5.41) is 0. The summed E-state index contributed by atoms with van der Waals surface area (Å²) in [5.41, 5.74) is 5.61. The number of sulfone groups is 1. The highest BCUT2D eigenvalue weighted by Crippen LogP contribution is 2.28. The highest BCUT2D eigenvalue weighted by atomic mass is 32.2. The van der Waals surface area contributed by atoms with Crippen molar-refractivity contribution < 1.29 is 26.3 Å². The first kappa shape index (κ1) is 16.7. The predicted molar refractivity (Wildman–Crippen MR) is 65.4 cm³/mol. The first-order valence-corrected chi connectivity index (χ1v) is 8.10. The minimum absolute atomic E-state index is 0.0233. The van der Waals surface area contributed by atoms with Crippen LogP contribution in [-0.2, 0) is 14.6 Å². The monoisotopic (exact) mass is 303 g/mol. The van der Waals surface area contributed by atoms with Crippen LogP contribution >= 0.6 is 0 Å². The molecule has 19 heavy (non-hydrogen) atoms. The third-order valence-corrected chi connectivity index (χ3v) is 5.16. The van der Waals surface area contributed by atoms with Gasteiger partial charge < -0.3 is 10.5 Å². The Morgan fingerprint density at radius 3 is 2.53 bits per heavy atom. The van der Waals surface area contributed by atoms with Crippen LogP contribution < -0.4 is 5.73 Å². The van der Waals surface area contributed by atoms with Gasteiger partial charge in [0.2, 0.25) is 0 Å². The molecule has 0 aliphatic carbocycles. The molecule has 1 aliphatic rings. The Hall–Kier alpha value is -0.340.